The van der Waals surface area contributed by atoms with Gasteiger partial charge < -0.3 is 4.42 Å². The normalized spacial score (nSPS) is 10.7. The summed E-state index contributed by atoms with van der Waals surface area (Å²) in [5, 5.41) is 10.2. The maximum Gasteiger partial charge on any atom is 0.227 e. The van der Waals surface area contributed by atoms with E-state index in [0.717, 1.165) is 33.4 Å². The first-order chi connectivity index (χ1) is 11.8. The van der Waals surface area contributed by atoms with Gasteiger partial charge in [0.2, 0.25) is 5.71 Å². The number of nitrogens with zero attached hydrogens (tertiary/aromatic N) is 2. The highest BCUT2D eigenvalue weighted by Crippen LogP contribution is 2.41. The van der Waals surface area contributed by atoms with Gasteiger partial charge in [-0.3, -0.25) is 0 Å². The van der Waals surface area contributed by atoms with Crippen LogP contribution < -0.4 is 0 Å². The predicted molar refractivity (Wildman–Crippen MR) is 94.3 cm³/mol. The summed E-state index contributed by atoms with van der Waals surface area (Å²) in [6.07, 6.45) is 1.57. The standard InChI is InChI=1S/C21H14N2O/c1-14-17(12-22)13-23-21-18(14)19(15-8-4-2-5-9-15)20(24-21)16-10-6-3-7-11-16/h2-11,13H,1H3. The molecule has 3 heteroatoms. The zero-order valence-electron chi connectivity index (χ0n) is 13.2. The molecule has 0 atom stereocenters. The summed E-state index contributed by atoms with van der Waals surface area (Å²) < 4.78 is 6.10. The fourth-order valence-corrected chi connectivity index (χ4v) is 3.00. The van der Waals surface area contributed by atoms with Crippen LogP contribution in [0.4, 0.5) is 0 Å². The Labute approximate surface area is 139 Å². The molecule has 0 bridgehead atoms. The van der Waals surface area contributed by atoms with Gasteiger partial charge in [-0.1, -0.05) is 60.7 Å². The van der Waals surface area contributed by atoms with Crippen LogP contribution in [0, 0.1) is 18.3 Å². The van der Waals surface area contributed by atoms with Crippen molar-refractivity contribution < 1.29 is 4.42 Å². The van der Waals surface area contributed by atoms with Crippen LogP contribution in [0.2, 0.25) is 0 Å². The molecule has 0 aliphatic rings. The number of hydrogen-bond donors (Lipinski definition) is 0. The van der Waals surface area contributed by atoms with Crippen molar-refractivity contribution >= 4 is 11.1 Å². The average molecular weight is 310 g/mol. The Balaban J connectivity index is 2.14. The molecule has 4 rings (SSSR count). The van der Waals surface area contributed by atoms with Crippen LogP contribution in [-0.2, 0) is 0 Å². The summed E-state index contributed by atoms with van der Waals surface area (Å²) in [4.78, 5) is 4.36. The minimum atomic E-state index is 0.559. The zero-order valence-corrected chi connectivity index (χ0v) is 13.2. The maximum atomic E-state index is 9.34. The van der Waals surface area contributed by atoms with Crippen molar-refractivity contribution in [1.82, 2.24) is 4.98 Å². The monoisotopic (exact) mass is 310 g/mol. The lowest BCUT2D eigenvalue weighted by Gasteiger charge is -2.05. The number of nitriles is 1. The molecular weight excluding hydrogens is 296 g/mol. The minimum absolute atomic E-state index is 0.559. The molecule has 0 saturated carbocycles. The molecule has 0 unspecified atom stereocenters. The number of fused-ring (bicyclic) bond motifs is 1. The third-order valence-electron chi connectivity index (χ3n) is 4.20. The molecular formula is C21H14N2O. The number of aryl methyl sites for hydroxylation is 1. The summed E-state index contributed by atoms with van der Waals surface area (Å²) in [6.45, 7) is 1.94. The van der Waals surface area contributed by atoms with Gasteiger partial charge in [0.1, 0.15) is 11.8 Å². The van der Waals surface area contributed by atoms with Gasteiger partial charge in [0.15, 0.2) is 0 Å². The van der Waals surface area contributed by atoms with E-state index < -0.39 is 0 Å². The Morgan fingerprint density at radius 2 is 1.54 bits per heavy atom. The van der Waals surface area contributed by atoms with Gasteiger partial charge in [0.05, 0.1) is 10.9 Å². The van der Waals surface area contributed by atoms with Crippen LogP contribution in [0.3, 0.4) is 0 Å². The van der Waals surface area contributed by atoms with Gasteiger partial charge in [0, 0.05) is 17.3 Å². The van der Waals surface area contributed by atoms with Crippen LogP contribution in [-0.4, -0.2) is 4.98 Å². The van der Waals surface area contributed by atoms with Crippen molar-refractivity contribution in [2.75, 3.05) is 0 Å². The van der Waals surface area contributed by atoms with Crippen LogP contribution in [0.15, 0.2) is 71.3 Å². The topological polar surface area (TPSA) is 49.8 Å². The summed E-state index contributed by atoms with van der Waals surface area (Å²) >= 11 is 0. The SMILES string of the molecule is Cc1c(C#N)cnc2oc(-c3ccccc3)c(-c3ccccc3)c12. The van der Waals surface area contributed by atoms with Gasteiger partial charge >= 0.3 is 0 Å². The average Bonchev–Trinajstić information content (AvgIpc) is 3.04. The number of benzene rings is 2. The highest BCUT2D eigenvalue weighted by molar-refractivity contribution is 6.02. The van der Waals surface area contributed by atoms with E-state index in [9.17, 15) is 5.26 Å². The molecule has 0 radical (unpaired) electrons. The lowest BCUT2D eigenvalue weighted by Crippen LogP contribution is -1.88. The fraction of sp³-hybridized carbons (Fsp3) is 0.0476. The summed E-state index contributed by atoms with van der Waals surface area (Å²) in [5.41, 5.74) is 5.05. The highest BCUT2D eigenvalue weighted by Gasteiger charge is 2.21. The largest absolute Gasteiger partial charge is 0.437 e. The first kappa shape index (κ1) is 14.2. The van der Waals surface area contributed by atoms with Gasteiger partial charge in [-0.25, -0.2) is 4.98 Å². The van der Waals surface area contributed by atoms with E-state index in [1.165, 1.54) is 0 Å². The molecule has 3 nitrogen and oxygen atoms in total. The molecule has 0 aliphatic carbocycles. The zero-order chi connectivity index (χ0) is 16.5. The summed E-state index contributed by atoms with van der Waals surface area (Å²) in [5.74, 6) is 0.780. The second kappa shape index (κ2) is 5.68. The van der Waals surface area contributed by atoms with E-state index in [1.807, 2.05) is 55.5 Å². The van der Waals surface area contributed by atoms with E-state index in [0.29, 0.717) is 11.3 Å². The lowest BCUT2D eigenvalue weighted by atomic mass is 9.96. The number of hydrogen-bond acceptors (Lipinski definition) is 3. The van der Waals surface area contributed by atoms with Gasteiger partial charge in [-0.2, -0.15) is 5.26 Å². The van der Waals surface area contributed by atoms with Crippen LogP contribution in [0.25, 0.3) is 33.6 Å². The molecule has 4 aromatic rings. The van der Waals surface area contributed by atoms with E-state index in [1.54, 1.807) is 6.20 Å². The Bertz CT molecular complexity index is 1060. The number of rotatable bonds is 2. The maximum absolute atomic E-state index is 9.34. The van der Waals surface area contributed by atoms with Crippen molar-refractivity contribution in [3.63, 3.8) is 0 Å². The second-order valence-electron chi connectivity index (χ2n) is 5.63. The predicted octanol–water partition coefficient (Wildman–Crippen LogP) is 5.34. The summed E-state index contributed by atoms with van der Waals surface area (Å²) in [7, 11) is 0. The fourth-order valence-electron chi connectivity index (χ4n) is 3.00. The quantitative estimate of drug-likeness (QED) is 0.502. The van der Waals surface area contributed by atoms with Gasteiger partial charge in [-0.15, -0.1) is 0 Å². The number of furan rings is 1. The molecule has 0 fully saturated rings. The molecule has 2 aromatic heterocycles. The lowest BCUT2D eigenvalue weighted by molar-refractivity contribution is 0.619. The highest BCUT2D eigenvalue weighted by atomic mass is 16.3. The van der Waals surface area contributed by atoms with E-state index in [4.69, 9.17) is 4.42 Å². The van der Waals surface area contributed by atoms with Crippen LogP contribution in [0.5, 0.6) is 0 Å². The number of aromatic nitrogens is 1. The Morgan fingerprint density at radius 1 is 0.917 bits per heavy atom. The van der Waals surface area contributed by atoms with Crippen LogP contribution >= 0.6 is 0 Å². The van der Waals surface area contributed by atoms with E-state index in [-0.39, 0.29) is 0 Å². The third kappa shape index (κ3) is 2.17. The molecule has 0 spiro atoms. The molecule has 0 saturated heterocycles. The van der Waals surface area contributed by atoms with Crippen molar-refractivity contribution in [3.05, 3.63) is 78.0 Å². The van der Waals surface area contributed by atoms with Crippen molar-refractivity contribution in [1.29, 1.82) is 5.26 Å². The molecule has 114 valence electrons. The van der Waals surface area contributed by atoms with Crippen molar-refractivity contribution in [3.8, 4) is 28.5 Å². The van der Waals surface area contributed by atoms with E-state index in [2.05, 4.69) is 23.2 Å². The first-order valence-corrected chi connectivity index (χ1v) is 7.72. The smallest absolute Gasteiger partial charge is 0.227 e. The molecule has 2 aromatic carbocycles. The molecule has 0 amide bonds. The number of pyridine rings is 1. The molecule has 0 aliphatic heterocycles. The summed E-state index contributed by atoms with van der Waals surface area (Å²) in [6, 6.07) is 22.3. The molecule has 2 heterocycles. The Kier molecular flexibility index (Phi) is 3.36. The van der Waals surface area contributed by atoms with E-state index >= 15 is 0 Å². The first-order valence-electron chi connectivity index (χ1n) is 7.72. The third-order valence-corrected chi connectivity index (χ3v) is 4.20. The van der Waals surface area contributed by atoms with Gasteiger partial charge in [0.25, 0.3) is 0 Å². The Morgan fingerprint density at radius 3 is 2.17 bits per heavy atom. The molecule has 24 heavy (non-hydrogen) atoms. The van der Waals surface area contributed by atoms with Crippen molar-refractivity contribution in [2.45, 2.75) is 6.92 Å². The Hall–Kier alpha value is -3.38. The molecule has 0 N–H and O–H groups in total. The van der Waals surface area contributed by atoms with Crippen LogP contribution in [0.1, 0.15) is 11.1 Å². The second-order valence-corrected chi connectivity index (χ2v) is 5.63. The minimum Gasteiger partial charge on any atom is -0.437 e. The van der Waals surface area contributed by atoms with Gasteiger partial charge in [-0.05, 0) is 18.1 Å². The van der Waals surface area contributed by atoms with Crippen molar-refractivity contribution in [2.24, 2.45) is 0 Å².